The maximum atomic E-state index is 13.1. The highest BCUT2D eigenvalue weighted by molar-refractivity contribution is 7.89. The number of nitrogens with two attached hydrogens (primary N) is 1. The van der Waals surface area contributed by atoms with Crippen LogP contribution in [0.5, 0.6) is 0 Å². The minimum atomic E-state index is -3.71. The second kappa shape index (κ2) is 7.39. The largest absolute Gasteiger partial charge is 0.330 e. The minimum absolute atomic E-state index is 0. The van der Waals surface area contributed by atoms with Crippen molar-refractivity contribution in [3.63, 3.8) is 0 Å². The smallest absolute Gasteiger partial charge is 0.258 e. The van der Waals surface area contributed by atoms with E-state index in [4.69, 9.17) is 5.73 Å². The lowest BCUT2D eigenvalue weighted by atomic mass is 9.85. The second-order valence-corrected chi connectivity index (χ2v) is 8.87. The zero-order valence-electron chi connectivity index (χ0n) is 15.1. The van der Waals surface area contributed by atoms with Crippen LogP contribution in [0.15, 0.2) is 35.2 Å². The predicted molar refractivity (Wildman–Crippen MR) is 109 cm³/mol. The third kappa shape index (κ3) is 3.23. The zero-order valence-corrected chi connectivity index (χ0v) is 16.8. The van der Waals surface area contributed by atoms with E-state index < -0.39 is 10.0 Å². The molecule has 8 heteroatoms. The van der Waals surface area contributed by atoms with Crippen LogP contribution in [-0.2, 0) is 10.0 Å². The van der Waals surface area contributed by atoms with Crippen LogP contribution in [0.4, 0.5) is 5.69 Å². The molecule has 6 nitrogen and oxygen atoms in total. The molecule has 1 fully saturated rings. The Morgan fingerprint density at radius 3 is 2.67 bits per heavy atom. The molecule has 27 heavy (non-hydrogen) atoms. The minimum Gasteiger partial charge on any atom is -0.330 e. The maximum Gasteiger partial charge on any atom is 0.258 e. The van der Waals surface area contributed by atoms with Gasteiger partial charge in [-0.15, -0.1) is 12.4 Å². The van der Waals surface area contributed by atoms with Crippen LogP contribution in [0.25, 0.3) is 10.8 Å². The first-order valence-corrected chi connectivity index (χ1v) is 10.5. The number of amides is 1. The molecule has 1 saturated carbocycles. The van der Waals surface area contributed by atoms with Gasteiger partial charge in [0.05, 0.1) is 10.6 Å². The maximum absolute atomic E-state index is 13.1. The molecule has 4 rings (SSSR count). The predicted octanol–water partition coefficient (Wildman–Crippen LogP) is 2.65. The average molecular weight is 410 g/mol. The first-order valence-electron chi connectivity index (χ1n) is 9.00. The van der Waals surface area contributed by atoms with E-state index in [9.17, 15) is 13.2 Å². The highest BCUT2D eigenvalue weighted by Crippen LogP contribution is 2.39. The van der Waals surface area contributed by atoms with E-state index in [1.165, 1.54) is 0 Å². The van der Waals surface area contributed by atoms with E-state index in [2.05, 4.69) is 4.72 Å². The van der Waals surface area contributed by atoms with Gasteiger partial charge in [0.15, 0.2) is 0 Å². The number of hydrogen-bond donors (Lipinski definition) is 2. The van der Waals surface area contributed by atoms with Crippen molar-refractivity contribution in [2.45, 2.75) is 36.6 Å². The van der Waals surface area contributed by atoms with Crippen molar-refractivity contribution in [1.29, 1.82) is 0 Å². The number of rotatable bonds is 4. The molecule has 2 unspecified atom stereocenters. The van der Waals surface area contributed by atoms with Crippen molar-refractivity contribution >= 4 is 44.8 Å². The molecule has 1 aliphatic carbocycles. The summed E-state index contributed by atoms with van der Waals surface area (Å²) in [6.45, 7) is 0.482. The monoisotopic (exact) mass is 409 g/mol. The van der Waals surface area contributed by atoms with Crippen LogP contribution >= 0.6 is 12.4 Å². The third-order valence-electron chi connectivity index (χ3n) is 5.68. The fourth-order valence-electron chi connectivity index (χ4n) is 4.25. The molecular weight excluding hydrogens is 386 g/mol. The summed E-state index contributed by atoms with van der Waals surface area (Å²) in [4.78, 5) is 14.2. The van der Waals surface area contributed by atoms with E-state index in [0.717, 1.165) is 31.4 Å². The Morgan fingerprint density at radius 2 is 1.93 bits per heavy atom. The average Bonchev–Trinajstić information content (AvgIpc) is 2.89. The van der Waals surface area contributed by atoms with Gasteiger partial charge in [-0.3, -0.25) is 4.79 Å². The number of nitrogens with zero attached hydrogens (tertiary/aromatic N) is 1. The van der Waals surface area contributed by atoms with Crippen molar-refractivity contribution in [2.75, 3.05) is 18.5 Å². The SMILES string of the molecule is CN1C(=O)c2cccc3c(S(=O)(=O)NC4CCCCC4CN)ccc1c23.Cl. The molecule has 0 saturated heterocycles. The van der Waals surface area contributed by atoms with Gasteiger partial charge in [-0.25, -0.2) is 13.1 Å². The molecule has 3 N–H and O–H groups in total. The molecule has 1 amide bonds. The van der Waals surface area contributed by atoms with Crippen LogP contribution < -0.4 is 15.4 Å². The number of sulfonamides is 1. The van der Waals surface area contributed by atoms with Crippen LogP contribution in [0.2, 0.25) is 0 Å². The number of carbonyl (C=O) groups is 1. The topological polar surface area (TPSA) is 92.5 Å². The molecule has 0 bridgehead atoms. The van der Waals surface area contributed by atoms with E-state index in [0.29, 0.717) is 22.9 Å². The Morgan fingerprint density at radius 1 is 1.19 bits per heavy atom. The fraction of sp³-hybridized carbons (Fsp3) is 0.421. The number of anilines is 1. The lowest BCUT2D eigenvalue weighted by molar-refractivity contribution is 0.0999. The number of nitrogens with one attached hydrogen (secondary N) is 1. The molecule has 1 heterocycles. The standard InChI is InChI=1S/C19H23N3O3S.ClH/c1-22-16-9-10-17(13-6-4-7-14(18(13)16)19(22)23)26(24,25)21-15-8-3-2-5-12(15)11-20;/h4,6-7,9-10,12,15,21H,2-3,5,8,11,20H2,1H3;1H. The van der Waals surface area contributed by atoms with Crippen LogP contribution in [0.3, 0.4) is 0 Å². The Hall–Kier alpha value is -1.67. The molecule has 0 spiro atoms. The van der Waals surface area contributed by atoms with Gasteiger partial charge in [-0.05, 0) is 43.5 Å². The Balaban J connectivity index is 0.00000210. The molecule has 2 aromatic rings. The van der Waals surface area contributed by atoms with Crippen LogP contribution in [0, 0.1) is 5.92 Å². The Bertz CT molecular complexity index is 993. The first kappa shape index (κ1) is 20.1. The highest BCUT2D eigenvalue weighted by Gasteiger charge is 2.32. The fourth-order valence-corrected chi connectivity index (χ4v) is 5.79. The van der Waals surface area contributed by atoms with E-state index >= 15 is 0 Å². The lowest BCUT2D eigenvalue weighted by Crippen LogP contribution is -2.44. The van der Waals surface area contributed by atoms with Gasteiger partial charge in [0.25, 0.3) is 5.91 Å². The normalized spacial score (nSPS) is 22.1. The number of carbonyl (C=O) groups excluding carboxylic acids is 1. The zero-order chi connectivity index (χ0) is 18.5. The molecule has 1 aliphatic heterocycles. The van der Waals surface area contributed by atoms with Gasteiger partial charge in [0.1, 0.15) is 0 Å². The van der Waals surface area contributed by atoms with Crippen molar-refractivity contribution in [3.05, 3.63) is 35.9 Å². The summed E-state index contributed by atoms with van der Waals surface area (Å²) in [5, 5.41) is 1.30. The summed E-state index contributed by atoms with van der Waals surface area (Å²) in [6, 6.07) is 8.43. The van der Waals surface area contributed by atoms with Crippen molar-refractivity contribution in [3.8, 4) is 0 Å². The molecule has 0 aromatic heterocycles. The summed E-state index contributed by atoms with van der Waals surface area (Å²) >= 11 is 0. The van der Waals surface area contributed by atoms with Gasteiger partial charge in [-0.2, -0.15) is 0 Å². The van der Waals surface area contributed by atoms with Gasteiger partial charge >= 0.3 is 0 Å². The number of hydrogen-bond acceptors (Lipinski definition) is 4. The third-order valence-corrected chi connectivity index (χ3v) is 7.23. The number of benzene rings is 2. The molecule has 0 radical (unpaired) electrons. The van der Waals surface area contributed by atoms with Gasteiger partial charge in [0, 0.05) is 29.4 Å². The molecular formula is C19H24ClN3O3S. The molecule has 146 valence electrons. The summed E-state index contributed by atoms with van der Waals surface area (Å²) < 4.78 is 29.1. The Kier molecular flexibility index (Phi) is 5.49. The van der Waals surface area contributed by atoms with E-state index in [-0.39, 0.29) is 35.2 Å². The van der Waals surface area contributed by atoms with Crippen LogP contribution in [-0.4, -0.2) is 34.0 Å². The van der Waals surface area contributed by atoms with Crippen molar-refractivity contribution in [2.24, 2.45) is 11.7 Å². The van der Waals surface area contributed by atoms with E-state index in [1.54, 1.807) is 42.3 Å². The molecule has 2 atom stereocenters. The molecule has 2 aromatic carbocycles. The quantitative estimate of drug-likeness (QED) is 0.811. The summed E-state index contributed by atoms with van der Waals surface area (Å²) in [5.41, 5.74) is 7.14. The Labute approximate surface area is 165 Å². The van der Waals surface area contributed by atoms with E-state index in [1.807, 2.05) is 0 Å². The number of halogens is 1. The van der Waals surface area contributed by atoms with Gasteiger partial charge < -0.3 is 10.6 Å². The second-order valence-electron chi connectivity index (χ2n) is 7.18. The summed E-state index contributed by atoms with van der Waals surface area (Å²) in [6.07, 6.45) is 3.86. The van der Waals surface area contributed by atoms with Crippen LogP contribution in [0.1, 0.15) is 36.0 Å². The highest BCUT2D eigenvalue weighted by atomic mass is 35.5. The van der Waals surface area contributed by atoms with Crippen molar-refractivity contribution < 1.29 is 13.2 Å². The van der Waals surface area contributed by atoms with Gasteiger partial charge in [-0.1, -0.05) is 25.0 Å². The lowest BCUT2D eigenvalue weighted by Gasteiger charge is -2.31. The van der Waals surface area contributed by atoms with Gasteiger partial charge in [0.2, 0.25) is 10.0 Å². The first-order chi connectivity index (χ1) is 12.4. The molecule has 2 aliphatic rings. The van der Waals surface area contributed by atoms with Crippen molar-refractivity contribution in [1.82, 2.24) is 4.72 Å². The summed E-state index contributed by atoms with van der Waals surface area (Å²) in [5.74, 6) is 0.0617. The summed E-state index contributed by atoms with van der Waals surface area (Å²) in [7, 11) is -2.00.